The molecule has 0 saturated carbocycles. The highest BCUT2D eigenvalue weighted by molar-refractivity contribution is 6.30. The summed E-state index contributed by atoms with van der Waals surface area (Å²) < 4.78 is 5.83. The van der Waals surface area contributed by atoms with Crippen LogP contribution >= 0.6 is 11.6 Å². The Morgan fingerprint density at radius 2 is 1.96 bits per heavy atom. The number of aromatic carboxylic acids is 1. The summed E-state index contributed by atoms with van der Waals surface area (Å²) in [4.78, 5) is 11.2. The van der Waals surface area contributed by atoms with Crippen LogP contribution in [0.15, 0.2) is 59.0 Å². The van der Waals surface area contributed by atoms with Crippen molar-refractivity contribution in [3.05, 3.63) is 76.5 Å². The lowest BCUT2D eigenvalue weighted by Gasteiger charge is -2.10. The Labute approximate surface area is 144 Å². The monoisotopic (exact) mass is 341 g/mol. The third kappa shape index (κ3) is 3.44. The number of halogens is 1. The third-order valence-corrected chi connectivity index (χ3v) is 4.02. The normalized spacial score (nSPS) is 10.6. The topological polar surface area (TPSA) is 62.5 Å². The molecule has 0 fully saturated rings. The molecule has 3 rings (SSSR count). The molecule has 0 aliphatic rings. The van der Waals surface area contributed by atoms with Gasteiger partial charge in [0, 0.05) is 16.3 Å². The van der Waals surface area contributed by atoms with Gasteiger partial charge in [-0.15, -0.1) is 0 Å². The number of carboxylic acids is 1. The fraction of sp³-hybridized carbons (Fsp3) is 0.105. The summed E-state index contributed by atoms with van der Waals surface area (Å²) in [6.07, 6.45) is 0. The SMILES string of the molecule is Cc1c(NCc2ccc(-c3cccc(Cl)c3)o2)cccc1C(=O)O. The number of nitrogens with one attached hydrogen (secondary N) is 1. The summed E-state index contributed by atoms with van der Waals surface area (Å²) in [6.45, 7) is 2.25. The molecule has 3 aromatic rings. The van der Waals surface area contributed by atoms with Gasteiger partial charge in [-0.25, -0.2) is 4.79 Å². The van der Waals surface area contributed by atoms with E-state index in [0.29, 0.717) is 22.7 Å². The number of furan rings is 1. The minimum atomic E-state index is -0.933. The summed E-state index contributed by atoms with van der Waals surface area (Å²) in [5, 5.41) is 13.0. The molecule has 4 nitrogen and oxygen atoms in total. The van der Waals surface area contributed by atoms with Crippen LogP contribution in [0.4, 0.5) is 5.69 Å². The maximum absolute atomic E-state index is 11.2. The molecule has 0 aliphatic heterocycles. The molecule has 2 aromatic carbocycles. The maximum atomic E-state index is 11.2. The van der Waals surface area contributed by atoms with Gasteiger partial charge < -0.3 is 14.8 Å². The number of rotatable bonds is 5. The van der Waals surface area contributed by atoms with Crippen LogP contribution in [0.2, 0.25) is 5.02 Å². The van der Waals surface area contributed by atoms with E-state index in [1.54, 1.807) is 19.1 Å². The predicted octanol–water partition coefficient (Wildman–Crippen LogP) is 5.22. The van der Waals surface area contributed by atoms with Crippen molar-refractivity contribution in [2.24, 2.45) is 0 Å². The van der Waals surface area contributed by atoms with Crippen molar-refractivity contribution in [3.8, 4) is 11.3 Å². The summed E-state index contributed by atoms with van der Waals surface area (Å²) in [6, 6.07) is 16.4. The molecule has 122 valence electrons. The lowest BCUT2D eigenvalue weighted by molar-refractivity contribution is 0.0696. The summed E-state index contributed by atoms with van der Waals surface area (Å²) in [7, 11) is 0. The van der Waals surface area contributed by atoms with E-state index in [1.807, 2.05) is 42.5 Å². The van der Waals surface area contributed by atoms with E-state index < -0.39 is 5.97 Å². The van der Waals surface area contributed by atoms with Gasteiger partial charge in [-0.1, -0.05) is 29.8 Å². The Bertz CT molecular complexity index is 886. The van der Waals surface area contributed by atoms with Crippen LogP contribution in [-0.2, 0) is 6.54 Å². The predicted molar refractivity (Wildman–Crippen MR) is 94.6 cm³/mol. The van der Waals surface area contributed by atoms with E-state index in [4.69, 9.17) is 16.0 Å². The van der Waals surface area contributed by atoms with E-state index in [0.717, 1.165) is 22.8 Å². The number of carboxylic acid groups (broad SMARTS) is 1. The largest absolute Gasteiger partial charge is 0.478 e. The van der Waals surface area contributed by atoms with Crippen LogP contribution < -0.4 is 5.32 Å². The van der Waals surface area contributed by atoms with Crippen LogP contribution in [0.25, 0.3) is 11.3 Å². The zero-order chi connectivity index (χ0) is 17.1. The lowest BCUT2D eigenvalue weighted by atomic mass is 10.1. The second-order valence-electron chi connectivity index (χ2n) is 5.41. The van der Waals surface area contributed by atoms with Crippen molar-refractivity contribution < 1.29 is 14.3 Å². The van der Waals surface area contributed by atoms with Gasteiger partial charge in [-0.3, -0.25) is 0 Å². The van der Waals surface area contributed by atoms with Gasteiger partial charge in [0.05, 0.1) is 12.1 Å². The maximum Gasteiger partial charge on any atom is 0.336 e. The van der Waals surface area contributed by atoms with Crippen molar-refractivity contribution in [2.75, 3.05) is 5.32 Å². The van der Waals surface area contributed by atoms with Gasteiger partial charge in [-0.2, -0.15) is 0 Å². The van der Waals surface area contributed by atoms with E-state index in [1.165, 1.54) is 0 Å². The Hall–Kier alpha value is -2.72. The molecule has 0 amide bonds. The lowest BCUT2D eigenvalue weighted by Crippen LogP contribution is -2.05. The van der Waals surface area contributed by atoms with Crippen LogP contribution in [0, 0.1) is 6.92 Å². The molecule has 2 N–H and O–H groups in total. The van der Waals surface area contributed by atoms with E-state index >= 15 is 0 Å². The van der Waals surface area contributed by atoms with Crippen LogP contribution in [-0.4, -0.2) is 11.1 Å². The Morgan fingerprint density at radius 3 is 2.71 bits per heavy atom. The van der Waals surface area contributed by atoms with Crippen molar-refractivity contribution in [3.63, 3.8) is 0 Å². The van der Waals surface area contributed by atoms with Gasteiger partial charge in [0.2, 0.25) is 0 Å². The van der Waals surface area contributed by atoms with Gasteiger partial charge in [-0.05, 0) is 48.9 Å². The van der Waals surface area contributed by atoms with E-state index in [9.17, 15) is 9.90 Å². The van der Waals surface area contributed by atoms with Gasteiger partial charge in [0.15, 0.2) is 0 Å². The second kappa shape index (κ2) is 6.81. The first kappa shape index (κ1) is 16.1. The fourth-order valence-corrected chi connectivity index (χ4v) is 2.70. The molecule has 0 radical (unpaired) electrons. The number of anilines is 1. The van der Waals surface area contributed by atoms with Crippen LogP contribution in [0.1, 0.15) is 21.7 Å². The summed E-state index contributed by atoms with van der Waals surface area (Å²) >= 11 is 6.00. The number of carbonyl (C=O) groups is 1. The number of hydrogen-bond acceptors (Lipinski definition) is 3. The highest BCUT2D eigenvalue weighted by atomic mass is 35.5. The average Bonchev–Trinajstić information content (AvgIpc) is 3.02. The van der Waals surface area contributed by atoms with Crippen molar-refractivity contribution in [1.82, 2.24) is 0 Å². The third-order valence-electron chi connectivity index (χ3n) is 3.79. The molecule has 0 spiro atoms. The van der Waals surface area contributed by atoms with Gasteiger partial charge >= 0.3 is 5.97 Å². The minimum Gasteiger partial charge on any atom is -0.478 e. The Kier molecular flexibility index (Phi) is 4.58. The molecule has 1 heterocycles. The van der Waals surface area contributed by atoms with Gasteiger partial charge in [0.1, 0.15) is 11.5 Å². The zero-order valence-electron chi connectivity index (χ0n) is 13.0. The van der Waals surface area contributed by atoms with E-state index in [-0.39, 0.29) is 0 Å². The van der Waals surface area contributed by atoms with Crippen molar-refractivity contribution in [1.29, 1.82) is 0 Å². The summed E-state index contributed by atoms with van der Waals surface area (Å²) in [5.74, 6) is 0.563. The Morgan fingerprint density at radius 1 is 1.17 bits per heavy atom. The molecule has 24 heavy (non-hydrogen) atoms. The van der Waals surface area contributed by atoms with Gasteiger partial charge in [0.25, 0.3) is 0 Å². The minimum absolute atomic E-state index is 0.291. The molecule has 0 aliphatic carbocycles. The number of benzene rings is 2. The highest BCUT2D eigenvalue weighted by Crippen LogP contribution is 2.26. The second-order valence-corrected chi connectivity index (χ2v) is 5.85. The average molecular weight is 342 g/mol. The standard InChI is InChI=1S/C19H16ClNO3/c1-12-16(19(22)23)6-3-7-17(12)21-11-15-8-9-18(24-15)13-4-2-5-14(20)10-13/h2-10,21H,11H2,1H3,(H,22,23). The molecule has 0 atom stereocenters. The van der Waals surface area contributed by atoms with Crippen LogP contribution in [0.5, 0.6) is 0 Å². The van der Waals surface area contributed by atoms with Crippen LogP contribution in [0.3, 0.4) is 0 Å². The zero-order valence-corrected chi connectivity index (χ0v) is 13.8. The molecule has 0 saturated heterocycles. The molecule has 5 heteroatoms. The van der Waals surface area contributed by atoms with Crippen molar-refractivity contribution in [2.45, 2.75) is 13.5 Å². The molecule has 0 unspecified atom stereocenters. The summed E-state index contributed by atoms with van der Waals surface area (Å²) in [5.41, 5.74) is 2.68. The quantitative estimate of drug-likeness (QED) is 0.668. The Balaban J connectivity index is 1.75. The fourth-order valence-electron chi connectivity index (χ4n) is 2.51. The van der Waals surface area contributed by atoms with E-state index in [2.05, 4.69) is 5.32 Å². The van der Waals surface area contributed by atoms with Crippen molar-refractivity contribution >= 4 is 23.3 Å². The smallest absolute Gasteiger partial charge is 0.336 e. The first-order valence-electron chi connectivity index (χ1n) is 7.46. The highest BCUT2D eigenvalue weighted by Gasteiger charge is 2.10. The molecular weight excluding hydrogens is 326 g/mol. The number of hydrogen-bond donors (Lipinski definition) is 2. The molecule has 1 aromatic heterocycles. The molecular formula is C19H16ClNO3. The first-order chi connectivity index (χ1) is 11.5. The first-order valence-corrected chi connectivity index (χ1v) is 7.84. The molecule has 0 bridgehead atoms.